The van der Waals surface area contributed by atoms with Crippen molar-refractivity contribution in [1.29, 1.82) is 0 Å². The molecule has 0 aliphatic heterocycles. The first-order valence-corrected chi connectivity index (χ1v) is 10.5. The molecule has 0 radical (unpaired) electrons. The number of thiophene rings is 2. The average Bonchev–Trinajstić information content (AvgIpc) is 3.24. The number of carbonyl (C=O) groups is 2. The summed E-state index contributed by atoms with van der Waals surface area (Å²) >= 11 is 3.22. The van der Waals surface area contributed by atoms with Gasteiger partial charge in [-0.15, -0.1) is 22.7 Å². The highest BCUT2D eigenvalue weighted by Gasteiger charge is 2.28. The minimum atomic E-state index is -0.329. The van der Waals surface area contributed by atoms with Crippen molar-refractivity contribution in [2.75, 3.05) is 25.5 Å². The Labute approximate surface area is 162 Å². The molecule has 0 fully saturated rings. The fraction of sp³-hybridized carbons (Fsp3) is 0.474. The summed E-state index contributed by atoms with van der Waals surface area (Å²) in [6.45, 7) is 5.23. The fourth-order valence-corrected chi connectivity index (χ4v) is 5.47. The van der Waals surface area contributed by atoms with Gasteiger partial charge in [0.2, 0.25) is 5.91 Å². The van der Waals surface area contributed by atoms with Crippen LogP contribution in [0.4, 0.5) is 5.00 Å². The standard InChI is InChI=1S/C19H24N2O3S2/c1-4-24-19(23)17-13-6-5-7-14(13)26-18(17)20-16(22)11-21(3)10-15-12(2)8-9-25-15/h8-9H,4-7,10-11H2,1-3H3,(H,20,22). The van der Waals surface area contributed by atoms with Gasteiger partial charge in [0.25, 0.3) is 0 Å². The number of carbonyl (C=O) groups excluding carboxylic acids is 2. The Kier molecular flexibility index (Phi) is 6.11. The van der Waals surface area contributed by atoms with Gasteiger partial charge in [-0.3, -0.25) is 9.69 Å². The van der Waals surface area contributed by atoms with Gasteiger partial charge in [-0.25, -0.2) is 4.79 Å². The van der Waals surface area contributed by atoms with Gasteiger partial charge in [-0.2, -0.15) is 0 Å². The number of nitrogens with one attached hydrogen (secondary N) is 1. The number of amides is 1. The second kappa shape index (κ2) is 8.33. The lowest BCUT2D eigenvalue weighted by atomic mass is 10.1. The smallest absolute Gasteiger partial charge is 0.341 e. The number of nitrogens with zero attached hydrogens (tertiary/aromatic N) is 1. The molecule has 140 valence electrons. The summed E-state index contributed by atoms with van der Waals surface area (Å²) in [5.74, 6) is -0.433. The van der Waals surface area contributed by atoms with Gasteiger partial charge < -0.3 is 10.1 Å². The molecule has 2 aromatic rings. The van der Waals surface area contributed by atoms with Crippen molar-refractivity contribution in [3.8, 4) is 0 Å². The number of ether oxygens (including phenoxy) is 1. The summed E-state index contributed by atoms with van der Waals surface area (Å²) in [6, 6.07) is 2.09. The van der Waals surface area contributed by atoms with Crippen molar-refractivity contribution in [2.24, 2.45) is 0 Å². The molecular formula is C19H24N2O3S2. The number of hydrogen-bond donors (Lipinski definition) is 1. The third-order valence-electron chi connectivity index (χ3n) is 4.45. The Morgan fingerprint density at radius 1 is 1.35 bits per heavy atom. The van der Waals surface area contributed by atoms with Crippen LogP contribution in [0.5, 0.6) is 0 Å². The van der Waals surface area contributed by atoms with E-state index in [1.54, 1.807) is 18.3 Å². The third-order valence-corrected chi connectivity index (χ3v) is 6.66. The van der Waals surface area contributed by atoms with Crippen LogP contribution in [0, 0.1) is 6.92 Å². The lowest BCUT2D eigenvalue weighted by Gasteiger charge is -2.16. The van der Waals surface area contributed by atoms with E-state index in [4.69, 9.17) is 4.74 Å². The first-order chi connectivity index (χ1) is 12.5. The minimum absolute atomic E-state index is 0.104. The lowest BCUT2D eigenvalue weighted by molar-refractivity contribution is -0.117. The summed E-state index contributed by atoms with van der Waals surface area (Å²) in [7, 11) is 1.93. The largest absolute Gasteiger partial charge is 0.462 e. The molecule has 0 aromatic carbocycles. The highest BCUT2D eigenvalue weighted by Crippen LogP contribution is 2.39. The molecule has 1 aliphatic rings. The molecule has 2 aromatic heterocycles. The van der Waals surface area contributed by atoms with E-state index in [1.165, 1.54) is 26.7 Å². The number of anilines is 1. The van der Waals surface area contributed by atoms with Crippen LogP contribution in [0.1, 0.15) is 44.6 Å². The van der Waals surface area contributed by atoms with Crippen molar-refractivity contribution < 1.29 is 14.3 Å². The van der Waals surface area contributed by atoms with Crippen LogP contribution < -0.4 is 5.32 Å². The SMILES string of the molecule is CCOC(=O)c1c(NC(=O)CN(C)Cc2sccc2C)sc2c1CCC2. The molecule has 5 nitrogen and oxygen atoms in total. The molecule has 0 saturated carbocycles. The van der Waals surface area contributed by atoms with Crippen LogP contribution in [0.2, 0.25) is 0 Å². The lowest BCUT2D eigenvalue weighted by Crippen LogP contribution is -2.30. The molecule has 1 N–H and O–H groups in total. The highest BCUT2D eigenvalue weighted by atomic mass is 32.1. The summed E-state index contributed by atoms with van der Waals surface area (Å²) in [6.07, 6.45) is 2.91. The van der Waals surface area contributed by atoms with Crippen LogP contribution in [0.3, 0.4) is 0 Å². The number of fused-ring (bicyclic) bond motifs is 1. The first kappa shape index (κ1) is 19.1. The highest BCUT2D eigenvalue weighted by molar-refractivity contribution is 7.17. The van der Waals surface area contributed by atoms with E-state index in [-0.39, 0.29) is 18.4 Å². The molecule has 0 unspecified atom stereocenters. The van der Waals surface area contributed by atoms with Gasteiger partial charge >= 0.3 is 5.97 Å². The topological polar surface area (TPSA) is 58.6 Å². The van der Waals surface area contributed by atoms with Gasteiger partial charge in [0, 0.05) is 16.3 Å². The summed E-state index contributed by atoms with van der Waals surface area (Å²) in [5.41, 5.74) is 2.88. The van der Waals surface area contributed by atoms with E-state index in [1.807, 2.05) is 11.9 Å². The van der Waals surface area contributed by atoms with Crippen molar-refractivity contribution in [3.05, 3.63) is 37.9 Å². The maximum Gasteiger partial charge on any atom is 0.341 e. The van der Waals surface area contributed by atoms with Gasteiger partial charge in [0.15, 0.2) is 0 Å². The summed E-state index contributed by atoms with van der Waals surface area (Å²) in [5, 5.41) is 5.65. The molecule has 0 atom stereocenters. The number of esters is 1. The second-order valence-electron chi connectivity index (χ2n) is 6.53. The second-order valence-corrected chi connectivity index (χ2v) is 8.64. The van der Waals surface area contributed by atoms with E-state index < -0.39 is 0 Å². The Morgan fingerprint density at radius 2 is 2.15 bits per heavy atom. The fourth-order valence-electron chi connectivity index (χ4n) is 3.19. The van der Waals surface area contributed by atoms with Crippen LogP contribution in [0.15, 0.2) is 11.4 Å². The van der Waals surface area contributed by atoms with E-state index >= 15 is 0 Å². The van der Waals surface area contributed by atoms with E-state index in [0.29, 0.717) is 17.2 Å². The maximum absolute atomic E-state index is 12.5. The van der Waals surface area contributed by atoms with E-state index in [9.17, 15) is 9.59 Å². The molecule has 7 heteroatoms. The maximum atomic E-state index is 12.5. The predicted molar refractivity (Wildman–Crippen MR) is 106 cm³/mol. The van der Waals surface area contributed by atoms with Crippen LogP contribution in [-0.2, 0) is 28.9 Å². The van der Waals surface area contributed by atoms with Gasteiger partial charge in [0.1, 0.15) is 5.00 Å². The molecule has 1 aliphatic carbocycles. The van der Waals surface area contributed by atoms with E-state index in [2.05, 4.69) is 23.7 Å². The summed E-state index contributed by atoms with van der Waals surface area (Å²) in [4.78, 5) is 29.3. The Hall–Kier alpha value is -1.70. The first-order valence-electron chi connectivity index (χ1n) is 8.82. The molecule has 0 spiro atoms. The molecular weight excluding hydrogens is 368 g/mol. The van der Waals surface area contributed by atoms with Crippen LogP contribution in [0.25, 0.3) is 0 Å². The zero-order valence-corrected chi connectivity index (χ0v) is 17.0. The predicted octanol–water partition coefficient (Wildman–Crippen LogP) is 3.85. The van der Waals surface area contributed by atoms with Crippen molar-refractivity contribution >= 4 is 39.6 Å². The summed E-state index contributed by atoms with van der Waals surface area (Å²) < 4.78 is 5.21. The number of rotatable bonds is 7. The van der Waals surface area contributed by atoms with Gasteiger partial charge in [-0.1, -0.05) is 0 Å². The normalized spacial score (nSPS) is 13.1. The van der Waals surface area contributed by atoms with Gasteiger partial charge in [0.05, 0.1) is 18.7 Å². The average molecular weight is 393 g/mol. The zero-order valence-electron chi connectivity index (χ0n) is 15.4. The Morgan fingerprint density at radius 3 is 2.85 bits per heavy atom. The molecule has 2 heterocycles. The Bertz CT molecular complexity index is 810. The van der Waals surface area contributed by atoms with E-state index in [0.717, 1.165) is 31.4 Å². The van der Waals surface area contributed by atoms with Gasteiger partial charge in [-0.05, 0) is 62.7 Å². The minimum Gasteiger partial charge on any atom is -0.462 e. The molecule has 1 amide bonds. The number of aryl methyl sites for hydroxylation is 2. The van der Waals surface area contributed by atoms with Crippen LogP contribution >= 0.6 is 22.7 Å². The molecule has 0 saturated heterocycles. The number of likely N-dealkylation sites (N-methyl/N-ethyl adjacent to an activating group) is 1. The quantitative estimate of drug-likeness (QED) is 0.727. The molecule has 26 heavy (non-hydrogen) atoms. The van der Waals surface area contributed by atoms with Crippen molar-refractivity contribution in [3.63, 3.8) is 0 Å². The zero-order chi connectivity index (χ0) is 18.7. The monoisotopic (exact) mass is 392 g/mol. The van der Waals surface area contributed by atoms with Crippen molar-refractivity contribution in [2.45, 2.75) is 39.7 Å². The third kappa shape index (κ3) is 4.16. The number of hydrogen-bond acceptors (Lipinski definition) is 6. The Balaban J connectivity index is 1.67. The van der Waals surface area contributed by atoms with Crippen LogP contribution in [-0.4, -0.2) is 37.0 Å². The molecule has 0 bridgehead atoms. The van der Waals surface area contributed by atoms with Crippen molar-refractivity contribution in [1.82, 2.24) is 4.90 Å². The molecule has 3 rings (SSSR count).